The van der Waals surface area contributed by atoms with E-state index in [4.69, 9.17) is 10.8 Å². The maximum absolute atomic E-state index is 10.7. The van der Waals surface area contributed by atoms with Crippen molar-refractivity contribution in [2.24, 2.45) is 11.7 Å². The Bertz CT molecular complexity index is 189. The molecule has 0 spiro atoms. The van der Waals surface area contributed by atoms with E-state index >= 15 is 0 Å². The second-order valence-corrected chi connectivity index (χ2v) is 4.40. The molecule has 0 aliphatic rings. The van der Waals surface area contributed by atoms with Gasteiger partial charge in [-0.05, 0) is 18.8 Å². The lowest BCUT2D eigenvalue weighted by molar-refractivity contribution is -0.142. The van der Waals surface area contributed by atoms with E-state index in [2.05, 4.69) is 13.8 Å². The SMILES string of the molecule is CCCCC(CCCC)C(O)C(N)C(=O)O. The van der Waals surface area contributed by atoms with Gasteiger partial charge >= 0.3 is 5.97 Å². The van der Waals surface area contributed by atoms with Crippen molar-refractivity contribution in [3.63, 3.8) is 0 Å². The van der Waals surface area contributed by atoms with Crippen molar-refractivity contribution >= 4 is 5.97 Å². The molecule has 0 saturated carbocycles. The molecule has 0 aromatic carbocycles. The van der Waals surface area contributed by atoms with Crippen LogP contribution in [0.2, 0.25) is 0 Å². The van der Waals surface area contributed by atoms with Gasteiger partial charge in [0.25, 0.3) is 0 Å². The van der Waals surface area contributed by atoms with Crippen LogP contribution >= 0.6 is 0 Å². The summed E-state index contributed by atoms with van der Waals surface area (Å²) in [6.45, 7) is 4.17. The monoisotopic (exact) mass is 231 g/mol. The van der Waals surface area contributed by atoms with Crippen LogP contribution in [0.1, 0.15) is 52.4 Å². The first kappa shape index (κ1) is 15.4. The molecule has 4 nitrogen and oxygen atoms in total. The smallest absolute Gasteiger partial charge is 0.323 e. The van der Waals surface area contributed by atoms with Gasteiger partial charge in [-0.15, -0.1) is 0 Å². The van der Waals surface area contributed by atoms with Gasteiger partial charge < -0.3 is 15.9 Å². The first-order valence-electron chi connectivity index (χ1n) is 6.21. The van der Waals surface area contributed by atoms with Gasteiger partial charge in [-0.3, -0.25) is 4.79 Å². The van der Waals surface area contributed by atoms with E-state index in [0.29, 0.717) is 0 Å². The van der Waals surface area contributed by atoms with E-state index in [-0.39, 0.29) is 5.92 Å². The zero-order valence-electron chi connectivity index (χ0n) is 10.4. The molecule has 4 N–H and O–H groups in total. The molecule has 0 aromatic rings. The van der Waals surface area contributed by atoms with Crippen LogP contribution in [0.5, 0.6) is 0 Å². The molecule has 96 valence electrons. The Morgan fingerprint density at radius 3 is 1.94 bits per heavy atom. The van der Waals surface area contributed by atoms with Crippen molar-refractivity contribution in [1.29, 1.82) is 0 Å². The minimum absolute atomic E-state index is 0.0194. The number of unbranched alkanes of at least 4 members (excludes halogenated alkanes) is 2. The Morgan fingerprint density at radius 2 is 1.62 bits per heavy atom. The number of carboxylic acid groups (broad SMARTS) is 1. The second kappa shape index (κ2) is 8.53. The normalized spacial score (nSPS) is 15.1. The van der Waals surface area contributed by atoms with Crippen LogP contribution in [0.15, 0.2) is 0 Å². The highest BCUT2D eigenvalue weighted by Gasteiger charge is 2.28. The van der Waals surface area contributed by atoms with E-state index in [1.165, 1.54) is 0 Å². The minimum atomic E-state index is -1.15. The number of rotatable bonds is 9. The minimum Gasteiger partial charge on any atom is -0.480 e. The molecule has 0 fully saturated rings. The molecule has 0 rings (SSSR count). The van der Waals surface area contributed by atoms with Crippen molar-refractivity contribution < 1.29 is 15.0 Å². The Morgan fingerprint density at radius 1 is 1.19 bits per heavy atom. The van der Waals surface area contributed by atoms with E-state index in [1.54, 1.807) is 0 Å². The van der Waals surface area contributed by atoms with Crippen LogP contribution in [0.25, 0.3) is 0 Å². The van der Waals surface area contributed by atoms with Crippen molar-refractivity contribution in [1.82, 2.24) is 0 Å². The fourth-order valence-corrected chi connectivity index (χ4v) is 1.86. The number of hydrogen-bond donors (Lipinski definition) is 3. The number of carbonyl (C=O) groups is 1. The molecule has 16 heavy (non-hydrogen) atoms. The average molecular weight is 231 g/mol. The molecule has 0 saturated heterocycles. The summed E-state index contributed by atoms with van der Waals surface area (Å²) in [6, 6.07) is -1.15. The van der Waals surface area contributed by atoms with E-state index in [9.17, 15) is 9.90 Å². The van der Waals surface area contributed by atoms with Gasteiger partial charge in [0.1, 0.15) is 6.04 Å². The first-order valence-corrected chi connectivity index (χ1v) is 6.21. The zero-order chi connectivity index (χ0) is 12.6. The summed E-state index contributed by atoms with van der Waals surface area (Å²) in [7, 11) is 0. The first-order chi connectivity index (χ1) is 7.54. The standard InChI is InChI=1S/C12H25NO3/c1-3-5-7-9(8-6-4-2)11(14)10(13)12(15)16/h9-11,14H,3-8,13H2,1-2H3,(H,15,16). The predicted molar refractivity (Wildman–Crippen MR) is 64.2 cm³/mol. The summed E-state index contributed by atoms with van der Waals surface area (Å²) < 4.78 is 0. The van der Waals surface area contributed by atoms with Crippen LogP contribution in [0.4, 0.5) is 0 Å². The Balaban J connectivity index is 4.28. The quantitative estimate of drug-likeness (QED) is 0.564. The summed E-state index contributed by atoms with van der Waals surface area (Å²) in [5.41, 5.74) is 5.45. The van der Waals surface area contributed by atoms with Crippen LogP contribution in [0, 0.1) is 5.92 Å². The summed E-state index contributed by atoms with van der Waals surface area (Å²) in [5.74, 6) is -1.10. The van der Waals surface area contributed by atoms with Crippen LogP contribution < -0.4 is 5.73 Å². The van der Waals surface area contributed by atoms with Crippen molar-refractivity contribution in [2.45, 2.75) is 64.5 Å². The number of aliphatic hydroxyl groups is 1. The van der Waals surface area contributed by atoms with Crippen LogP contribution in [0.3, 0.4) is 0 Å². The lowest BCUT2D eigenvalue weighted by Crippen LogP contribution is -2.45. The zero-order valence-corrected chi connectivity index (χ0v) is 10.4. The largest absolute Gasteiger partial charge is 0.480 e. The van der Waals surface area contributed by atoms with Gasteiger partial charge in [-0.2, -0.15) is 0 Å². The molecule has 0 amide bonds. The maximum Gasteiger partial charge on any atom is 0.323 e. The number of nitrogens with two attached hydrogens (primary N) is 1. The van der Waals surface area contributed by atoms with Gasteiger partial charge in [0.05, 0.1) is 6.10 Å². The summed E-state index contributed by atoms with van der Waals surface area (Å²) in [5, 5.41) is 18.7. The molecule has 2 atom stereocenters. The summed E-state index contributed by atoms with van der Waals surface area (Å²) in [4.78, 5) is 10.7. The number of hydrogen-bond acceptors (Lipinski definition) is 3. The molecule has 0 aromatic heterocycles. The lowest BCUT2D eigenvalue weighted by atomic mass is 9.87. The molecule has 0 aliphatic heterocycles. The molecular weight excluding hydrogens is 206 g/mol. The Kier molecular flexibility index (Phi) is 8.21. The topological polar surface area (TPSA) is 83.5 Å². The van der Waals surface area contributed by atoms with E-state index < -0.39 is 18.1 Å². The van der Waals surface area contributed by atoms with Crippen molar-refractivity contribution in [2.75, 3.05) is 0 Å². The fourth-order valence-electron chi connectivity index (χ4n) is 1.86. The van der Waals surface area contributed by atoms with Gasteiger partial charge in [-0.25, -0.2) is 0 Å². The molecular formula is C12H25NO3. The maximum atomic E-state index is 10.7. The Hall–Kier alpha value is -0.610. The van der Waals surface area contributed by atoms with Gasteiger partial charge in [-0.1, -0.05) is 39.5 Å². The van der Waals surface area contributed by atoms with Crippen molar-refractivity contribution in [3.05, 3.63) is 0 Å². The number of carboxylic acids is 1. The molecule has 0 radical (unpaired) electrons. The number of aliphatic carboxylic acids is 1. The summed E-state index contributed by atoms with van der Waals surface area (Å²) >= 11 is 0. The highest BCUT2D eigenvalue weighted by Crippen LogP contribution is 2.21. The number of aliphatic hydroxyl groups excluding tert-OH is 1. The van der Waals surface area contributed by atoms with Crippen LogP contribution in [-0.4, -0.2) is 28.3 Å². The second-order valence-electron chi connectivity index (χ2n) is 4.40. The highest BCUT2D eigenvalue weighted by atomic mass is 16.4. The third-order valence-electron chi connectivity index (χ3n) is 2.99. The third kappa shape index (κ3) is 5.47. The van der Waals surface area contributed by atoms with Gasteiger partial charge in [0.2, 0.25) is 0 Å². The van der Waals surface area contributed by atoms with E-state index in [1.807, 2.05) is 0 Å². The van der Waals surface area contributed by atoms with E-state index in [0.717, 1.165) is 38.5 Å². The molecule has 0 aliphatic carbocycles. The van der Waals surface area contributed by atoms with Gasteiger partial charge in [0.15, 0.2) is 0 Å². The average Bonchev–Trinajstić information content (AvgIpc) is 2.27. The highest BCUT2D eigenvalue weighted by molar-refractivity contribution is 5.73. The third-order valence-corrected chi connectivity index (χ3v) is 2.99. The summed E-state index contributed by atoms with van der Waals surface area (Å²) in [6.07, 6.45) is 4.93. The predicted octanol–water partition coefficient (Wildman–Crippen LogP) is 1.76. The van der Waals surface area contributed by atoms with Crippen LogP contribution in [-0.2, 0) is 4.79 Å². The lowest BCUT2D eigenvalue weighted by Gasteiger charge is -2.25. The molecule has 0 bridgehead atoms. The molecule has 2 unspecified atom stereocenters. The van der Waals surface area contributed by atoms with Gasteiger partial charge in [0, 0.05) is 0 Å². The Labute approximate surface area is 97.8 Å². The molecule has 0 heterocycles. The van der Waals surface area contributed by atoms with Crippen molar-refractivity contribution in [3.8, 4) is 0 Å². The fraction of sp³-hybridized carbons (Fsp3) is 0.917. The molecule has 4 heteroatoms.